The van der Waals surface area contributed by atoms with Crippen molar-refractivity contribution in [1.29, 1.82) is 5.26 Å². The van der Waals surface area contributed by atoms with Gasteiger partial charge in [-0.15, -0.1) is 0 Å². The molecule has 2 aromatic carbocycles. The molecular formula is C30H28N4O4S. The second kappa shape index (κ2) is 10.4. The van der Waals surface area contributed by atoms with Crippen LogP contribution in [-0.4, -0.2) is 29.9 Å². The second-order valence-corrected chi connectivity index (χ2v) is 11.4. The van der Waals surface area contributed by atoms with E-state index >= 15 is 0 Å². The first-order valence-corrected chi connectivity index (χ1v) is 14.1. The maximum atomic E-state index is 14.0. The number of sulfonamides is 1. The van der Waals surface area contributed by atoms with E-state index in [1.165, 1.54) is 0 Å². The standard InChI is InChI=1S/C30H28N4O4S/c1-4-24-16-28(25-12-8-9-13-27(25)32-24)37-18-22-14-15-26(23-10-6-5-7-11-23)30(17-22,19-31)39(35,36)34-29-20(2)21(3)33-38-29/h5-16,34H,4,17-18H2,1-3H3. The summed E-state index contributed by atoms with van der Waals surface area (Å²) in [6.45, 7) is 5.56. The zero-order valence-corrected chi connectivity index (χ0v) is 22.7. The van der Waals surface area contributed by atoms with Crippen LogP contribution in [0.15, 0.2) is 82.9 Å². The molecule has 198 valence electrons. The number of anilines is 1. The number of aryl methyl sites for hydroxylation is 2. The monoisotopic (exact) mass is 540 g/mol. The van der Waals surface area contributed by atoms with Gasteiger partial charge in [-0.05, 0) is 49.1 Å². The number of pyridine rings is 1. The van der Waals surface area contributed by atoms with E-state index in [1.807, 2.05) is 61.5 Å². The zero-order valence-electron chi connectivity index (χ0n) is 21.9. The van der Waals surface area contributed by atoms with Gasteiger partial charge in [0, 0.05) is 29.1 Å². The van der Waals surface area contributed by atoms with Gasteiger partial charge in [-0.1, -0.05) is 66.7 Å². The SMILES string of the molecule is CCc1cc(OCC2=CC=C(c3ccccc3)C(C#N)(S(=O)(=O)Nc3onc(C)c3C)C2)c2ccccc2n1. The molecule has 0 spiro atoms. The molecule has 0 radical (unpaired) electrons. The molecule has 1 aliphatic carbocycles. The molecule has 2 aromatic heterocycles. The Morgan fingerprint density at radius 1 is 1.10 bits per heavy atom. The van der Waals surface area contributed by atoms with E-state index in [2.05, 4.69) is 20.9 Å². The zero-order chi connectivity index (χ0) is 27.6. The van der Waals surface area contributed by atoms with Crippen molar-refractivity contribution >= 4 is 32.4 Å². The van der Waals surface area contributed by atoms with Crippen LogP contribution < -0.4 is 9.46 Å². The number of para-hydroxylation sites is 1. The summed E-state index contributed by atoms with van der Waals surface area (Å²) >= 11 is 0. The summed E-state index contributed by atoms with van der Waals surface area (Å²) in [5, 5.41) is 15.3. The van der Waals surface area contributed by atoms with Crippen LogP contribution in [0.5, 0.6) is 5.75 Å². The average molecular weight is 541 g/mol. The third kappa shape index (κ3) is 4.79. The van der Waals surface area contributed by atoms with E-state index in [0.29, 0.717) is 33.7 Å². The Morgan fingerprint density at radius 3 is 2.54 bits per heavy atom. The van der Waals surface area contributed by atoms with Gasteiger partial charge < -0.3 is 9.26 Å². The Balaban J connectivity index is 1.53. The number of ether oxygens (including phenoxy) is 1. The van der Waals surface area contributed by atoms with Crippen LogP contribution in [0.3, 0.4) is 0 Å². The summed E-state index contributed by atoms with van der Waals surface area (Å²) in [7, 11) is -4.34. The fourth-order valence-corrected chi connectivity index (χ4v) is 6.22. The Labute approximate surface area is 227 Å². The first-order chi connectivity index (χ1) is 18.8. The molecule has 0 aliphatic heterocycles. The van der Waals surface area contributed by atoms with Gasteiger partial charge >= 0.3 is 0 Å². The minimum absolute atomic E-state index is 0.00256. The number of hydrogen-bond donors (Lipinski definition) is 1. The van der Waals surface area contributed by atoms with E-state index < -0.39 is 14.8 Å². The van der Waals surface area contributed by atoms with Crippen LogP contribution in [0.4, 0.5) is 5.88 Å². The van der Waals surface area contributed by atoms with Crippen molar-refractivity contribution in [2.45, 2.75) is 38.4 Å². The molecule has 2 heterocycles. The topological polar surface area (TPSA) is 118 Å². The van der Waals surface area contributed by atoms with Gasteiger partial charge in [-0.2, -0.15) is 5.26 Å². The molecule has 0 saturated carbocycles. The maximum absolute atomic E-state index is 14.0. The second-order valence-electron chi connectivity index (χ2n) is 9.49. The minimum atomic E-state index is -4.34. The van der Waals surface area contributed by atoms with Crippen LogP contribution in [0.2, 0.25) is 0 Å². The summed E-state index contributed by atoms with van der Waals surface area (Å²) in [5.41, 5.74) is 4.51. The molecule has 9 heteroatoms. The molecule has 4 aromatic rings. The van der Waals surface area contributed by atoms with Gasteiger partial charge in [0.15, 0.2) is 0 Å². The number of hydrogen-bond acceptors (Lipinski definition) is 7. The van der Waals surface area contributed by atoms with Gasteiger partial charge in [0.2, 0.25) is 10.6 Å². The van der Waals surface area contributed by atoms with Gasteiger partial charge in [0.25, 0.3) is 10.0 Å². The summed E-state index contributed by atoms with van der Waals surface area (Å²) in [6, 6.07) is 20.8. The maximum Gasteiger partial charge on any atom is 0.259 e. The lowest BCUT2D eigenvalue weighted by Gasteiger charge is -2.32. The van der Waals surface area contributed by atoms with E-state index in [0.717, 1.165) is 23.0 Å². The summed E-state index contributed by atoms with van der Waals surface area (Å²) in [4.78, 5) is 4.66. The lowest BCUT2D eigenvalue weighted by atomic mass is 9.83. The largest absolute Gasteiger partial charge is 0.488 e. The van der Waals surface area contributed by atoms with Crippen molar-refractivity contribution < 1.29 is 17.7 Å². The highest BCUT2D eigenvalue weighted by molar-refractivity contribution is 7.94. The number of nitrogens with zero attached hydrogens (tertiary/aromatic N) is 3. The fourth-order valence-electron chi connectivity index (χ4n) is 4.64. The molecule has 1 unspecified atom stereocenters. The fraction of sp³-hybridized carbons (Fsp3) is 0.233. The van der Waals surface area contributed by atoms with Crippen LogP contribution >= 0.6 is 0 Å². The van der Waals surface area contributed by atoms with Gasteiger partial charge in [-0.25, -0.2) is 13.1 Å². The van der Waals surface area contributed by atoms with Crippen molar-refractivity contribution in [2.24, 2.45) is 0 Å². The quantitative estimate of drug-likeness (QED) is 0.296. The van der Waals surface area contributed by atoms with Gasteiger partial charge in [0.05, 0.1) is 17.3 Å². The normalized spacial score (nSPS) is 17.3. The summed E-state index contributed by atoms with van der Waals surface area (Å²) in [6.07, 6.45) is 4.19. The highest BCUT2D eigenvalue weighted by Crippen LogP contribution is 2.43. The highest BCUT2D eigenvalue weighted by atomic mass is 32.2. The average Bonchev–Trinajstić information content (AvgIpc) is 3.27. The molecule has 1 N–H and O–H groups in total. The molecule has 0 amide bonds. The summed E-state index contributed by atoms with van der Waals surface area (Å²) in [5.74, 6) is 0.657. The molecule has 8 nitrogen and oxygen atoms in total. The predicted molar refractivity (Wildman–Crippen MR) is 151 cm³/mol. The van der Waals surface area contributed by atoms with Crippen molar-refractivity contribution in [1.82, 2.24) is 10.1 Å². The number of allylic oxidation sites excluding steroid dienone is 2. The molecule has 1 aliphatic rings. The van der Waals surface area contributed by atoms with Gasteiger partial charge in [-0.3, -0.25) is 4.98 Å². The van der Waals surface area contributed by atoms with E-state index in [9.17, 15) is 13.7 Å². The van der Waals surface area contributed by atoms with E-state index in [1.54, 1.807) is 32.1 Å². The van der Waals surface area contributed by atoms with Crippen LogP contribution in [0.1, 0.15) is 35.9 Å². The minimum Gasteiger partial charge on any atom is -0.488 e. The third-order valence-electron chi connectivity index (χ3n) is 7.01. The molecular weight excluding hydrogens is 512 g/mol. The van der Waals surface area contributed by atoms with Gasteiger partial charge in [0.1, 0.15) is 12.4 Å². The van der Waals surface area contributed by atoms with E-state index in [4.69, 9.17) is 9.26 Å². The first-order valence-electron chi connectivity index (χ1n) is 12.6. The van der Waals surface area contributed by atoms with Crippen molar-refractivity contribution in [3.05, 3.63) is 101 Å². The Kier molecular flexibility index (Phi) is 6.98. The Morgan fingerprint density at radius 2 is 1.85 bits per heavy atom. The molecule has 1 atom stereocenters. The molecule has 5 rings (SSSR count). The van der Waals surface area contributed by atoms with E-state index in [-0.39, 0.29) is 18.9 Å². The van der Waals surface area contributed by atoms with Crippen LogP contribution in [-0.2, 0) is 16.4 Å². The van der Waals surface area contributed by atoms with Crippen molar-refractivity contribution in [2.75, 3.05) is 11.3 Å². The Hall–Kier alpha value is -4.42. The smallest absolute Gasteiger partial charge is 0.259 e. The lowest BCUT2D eigenvalue weighted by molar-refractivity contribution is 0.349. The molecule has 39 heavy (non-hydrogen) atoms. The number of aromatic nitrogens is 2. The Bertz CT molecular complexity index is 1750. The number of nitrogens with one attached hydrogen (secondary N) is 1. The number of rotatable bonds is 8. The number of fused-ring (bicyclic) bond motifs is 1. The van der Waals surface area contributed by atoms with Crippen LogP contribution in [0, 0.1) is 25.2 Å². The van der Waals surface area contributed by atoms with Crippen molar-refractivity contribution in [3.8, 4) is 11.8 Å². The lowest BCUT2D eigenvalue weighted by Crippen LogP contribution is -2.44. The van der Waals surface area contributed by atoms with Crippen LogP contribution in [0.25, 0.3) is 16.5 Å². The highest BCUT2D eigenvalue weighted by Gasteiger charge is 2.50. The van der Waals surface area contributed by atoms with Crippen molar-refractivity contribution in [3.63, 3.8) is 0 Å². The molecule has 0 saturated heterocycles. The number of nitriles is 1. The summed E-state index contributed by atoms with van der Waals surface area (Å²) < 4.78 is 40.0. The molecule has 0 bridgehead atoms. The molecule has 0 fully saturated rings. The first kappa shape index (κ1) is 26.2. The number of benzene rings is 2. The predicted octanol–water partition coefficient (Wildman–Crippen LogP) is 5.90. The third-order valence-corrected chi connectivity index (χ3v) is 8.84.